The third-order valence-corrected chi connectivity index (χ3v) is 3.89. The fraction of sp³-hybridized carbons (Fsp3) is 0.538. The second kappa shape index (κ2) is 5.19. The number of nitrogens with one attached hydrogen (secondary N) is 1. The van der Waals surface area contributed by atoms with Gasteiger partial charge in [0, 0.05) is 10.5 Å². The van der Waals surface area contributed by atoms with Crippen LogP contribution < -0.4 is 10.1 Å². The van der Waals surface area contributed by atoms with Crippen LogP contribution in [-0.4, -0.2) is 13.7 Å². The van der Waals surface area contributed by atoms with E-state index in [1.54, 1.807) is 7.11 Å². The van der Waals surface area contributed by atoms with Crippen molar-refractivity contribution in [3.63, 3.8) is 0 Å². The molecule has 1 aliphatic carbocycles. The molecule has 0 amide bonds. The average molecular weight is 284 g/mol. The molecule has 0 heterocycles. The molecule has 0 saturated heterocycles. The summed E-state index contributed by atoms with van der Waals surface area (Å²) in [5.74, 6) is 1.03. The summed E-state index contributed by atoms with van der Waals surface area (Å²) in [6.45, 7) is 3.16. The molecule has 16 heavy (non-hydrogen) atoms. The van der Waals surface area contributed by atoms with Crippen molar-refractivity contribution in [1.29, 1.82) is 0 Å². The maximum absolute atomic E-state index is 5.45. The van der Waals surface area contributed by atoms with Crippen LogP contribution in [0.1, 0.15) is 36.9 Å². The SMILES string of the molecule is CCNC1CCCc2c(OC)ccc(Br)c21. The molecule has 1 aromatic carbocycles. The third kappa shape index (κ3) is 2.11. The van der Waals surface area contributed by atoms with Crippen LogP contribution >= 0.6 is 15.9 Å². The number of benzene rings is 1. The van der Waals surface area contributed by atoms with Crippen molar-refractivity contribution in [3.05, 3.63) is 27.7 Å². The lowest BCUT2D eigenvalue weighted by Crippen LogP contribution is -2.25. The van der Waals surface area contributed by atoms with Crippen molar-refractivity contribution in [2.45, 2.75) is 32.2 Å². The Labute approximate surface area is 106 Å². The lowest BCUT2D eigenvalue weighted by molar-refractivity contribution is 0.396. The lowest BCUT2D eigenvalue weighted by Gasteiger charge is -2.28. The van der Waals surface area contributed by atoms with Gasteiger partial charge in [0.15, 0.2) is 0 Å². The fourth-order valence-corrected chi connectivity index (χ4v) is 3.17. The number of halogens is 1. The Morgan fingerprint density at radius 1 is 1.50 bits per heavy atom. The topological polar surface area (TPSA) is 21.3 Å². The molecular weight excluding hydrogens is 266 g/mol. The number of rotatable bonds is 3. The Hall–Kier alpha value is -0.540. The zero-order valence-corrected chi connectivity index (χ0v) is 11.4. The summed E-state index contributed by atoms with van der Waals surface area (Å²) in [7, 11) is 1.75. The highest BCUT2D eigenvalue weighted by molar-refractivity contribution is 9.10. The highest BCUT2D eigenvalue weighted by atomic mass is 79.9. The van der Waals surface area contributed by atoms with Crippen molar-refractivity contribution in [2.24, 2.45) is 0 Å². The number of fused-ring (bicyclic) bond motifs is 1. The van der Waals surface area contributed by atoms with Crippen LogP contribution in [0.5, 0.6) is 5.75 Å². The molecule has 3 heteroatoms. The molecule has 0 spiro atoms. The molecule has 1 aliphatic rings. The summed E-state index contributed by atoms with van der Waals surface area (Å²) in [4.78, 5) is 0. The zero-order valence-electron chi connectivity index (χ0n) is 9.85. The van der Waals surface area contributed by atoms with Crippen molar-refractivity contribution in [2.75, 3.05) is 13.7 Å². The standard InChI is InChI=1S/C13H18BrNO/c1-3-15-11-6-4-5-9-12(16-2)8-7-10(14)13(9)11/h7-8,11,15H,3-6H2,1-2H3. The van der Waals surface area contributed by atoms with Crippen LogP contribution in [0.25, 0.3) is 0 Å². The van der Waals surface area contributed by atoms with Gasteiger partial charge in [0.25, 0.3) is 0 Å². The second-order valence-electron chi connectivity index (χ2n) is 4.14. The summed E-state index contributed by atoms with van der Waals surface area (Å²) >= 11 is 3.66. The van der Waals surface area contributed by atoms with Crippen LogP contribution in [0, 0.1) is 0 Å². The maximum atomic E-state index is 5.45. The molecule has 0 fully saturated rings. The minimum absolute atomic E-state index is 0.471. The molecule has 0 radical (unpaired) electrons. The Morgan fingerprint density at radius 2 is 2.31 bits per heavy atom. The zero-order chi connectivity index (χ0) is 11.5. The monoisotopic (exact) mass is 283 g/mol. The van der Waals surface area contributed by atoms with Gasteiger partial charge < -0.3 is 10.1 Å². The third-order valence-electron chi connectivity index (χ3n) is 3.20. The largest absolute Gasteiger partial charge is 0.496 e. The summed E-state index contributed by atoms with van der Waals surface area (Å²) in [5.41, 5.74) is 2.77. The Kier molecular flexibility index (Phi) is 3.87. The molecule has 1 atom stereocenters. The summed E-state index contributed by atoms with van der Waals surface area (Å²) < 4.78 is 6.65. The van der Waals surface area contributed by atoms with Gasteiger partial charge in [-0.2, -0.15) is 0 Å². The normalized spacial score (nSPS) is 19.3. The predicted octanol–water partition coefficient (Wildman–Crippen LogP) is 3.44. The molecule has 0 aliphatic heterocycles. The maximum Gasteiger partial charge on any atom is 0.122 e. The first-order valence-corrected chi connectivity index (χ1v) is 6.65. The van der Waals surface area contributed by atoms with Gasteiger partial charge in [-0.25, -0.2) is 0 Å². The van der Waals surface area contributed by atoms with Gasteiger partial charge in [-0.3, -0.25) is 0 Å². The molecule has 0 aromatic heterocycles. The fourth-order valence-electron chi connectivity index (χ4n) is 2.52. The van der Waals surface area contributed by atoms with Gasteiger partial charge in [-0.05, 0) is 49.1 Å². The second-order valence-corrected chi connectivity index (χ2v) is 5.00. The minimum Gasteiger partial charge on any atom is -0.496 e. The number of hydrogen-bond donors (Lipinski definition) is 1. The highest BCUT2D eigenvalue weighted by Crippen LogP contribution is 2.39. The molecule has 88 valence electrons. The smallest absolute Gasteiger partial charge is 0.122 e. The predicted molar refractivity (Wildman–Crippen MR) is 70.0 cm³/mol. The molecule has 1 aromatic rings. The van der Waals surface area contributed by atoms with Gasteiger partial charge in [-0.15, -0.1) is 0 Å². The number of hydrogen-bond acceptors (Lipinski definition) is 2. The average Bonchev–Trinajstić information content (AvgIpc) is 2.30. The molecule has 2 rings (SSSR count). The van der Waals surface area contributed by atoms with E-state index in [0.717, 1.165) is 18.7 Å². The Morgan fingerprint density at radius 3 is 3.00 bits per heavy atom. The van der Waals surface area contributed by atoms with Crippen molar-refractivity contribution in [1.82, 2.24) is 5.32 Å². The summed E-state index contributed by atoms with van der Waals surface area (Å²) in [5, 5.41) is 3.55. The molecule has 0 saturated carbocycles. The Bertz CT molecular complexity index is 378. The van der Waals surface area contributed by atoms with Crippen LogP contribution in [0.2, 0.25) is 0 Å². The van der Waals surface area contributed by atoms with Crippen LogP contribution in [0.4, 0.5) is 0 Å². The van der Waals surface area contributed by atoms with Gasteiger partial charge in [0.1, 0.15) is 5.75 Å². The van der Waals surface area contributed by atoms with Gasteiger partial charge >= 0.3 is 0 Å². The quantitative estimate of drug-likeness (QED) is 0.918. The molecule has 0 bridgehead atoms. The molecular formula is C13H18BrNO. The highest BCUT2D eigenvalue weighted by Gasteiger charge is 2.24. The van der Waals surface area contributed by atoms with Gasteiger partial charge in [-0.1, -0.05) is 22.9 Å². The van der Waals surface area contributed by atoms with E-state index in [1.165, 1.54) is 28.4 Å². The lowest BCUT2D eigenvalue weighted by atomic mass is 9.87. The number of ether oxygens (including phenoxy) is 1. The van der Waals surface area contributed by atoms with Crippen molar-refractivity contribution < 1.29 is 4.74 Å². The van der Waals surface area contributed by atoms with E-state index in [4.69, 9.17) is 4.74 Å². The van der Waals surface area contributed by atoms with E-state index in [2.05, 4.69) is 40.3 Å². The molecule has 2 nitrogen and oxygen atoms in total. The number of methoxy groups -OCH3 is 1. The van der Waals surface area contributed by atoms with E-state index in [9.17, 15) is 0 Å². The first-order valence-electron chi connectivity index (χ1n) is 5.86. The minimum atomic E-state index is 0.471. The first kappa shape index (κ1) is 11.9. The van der Waals surface area contributed by atoms with E-state index in [0.29, 0.717) is 6.04 Å². The van der Waals surface area contributed by atoms with E-state index in [-0.39, 0.29) is 0 Å². The van der Waals surface area contributed by atoms with E-state index < -0.39 is 0 Å². The van der Waals surface area contributed by atoms with Gasteiger partial charge in [0.05, 0.1) is 7.11 Å². The van der Waals surface area contributed by atoms with Crippen LogP contribution in [0.3, 0.4) is 0 Å². The summed E-state index contributed by atoms with van der Waals surface area (Å²) in [6, 6.07) is 4.61. The Balaban J connectivity index is 2.45. The van der Waals surface area contributed by atoms with Crippen LogP contribution in [0.15, 0.2) is 16.6 Å². The van der Waals surface area contributed by atoms with Crippen LogP contribution in [-0.2, 0) is 6.42 Å². The first-order chi connectivity index (χ1) is 7.77. The van der Waals surface area contributed by atoms with E-state index >= 15 is 0 Å². The van der Waals surface area contributed by atoms with Crippen molar-refractivity contribution >= 4 is 15.9 Å². The molecule has 1 unspecified atom stereocenters. The van der Waals surface area contributed by atoms with Gasteiger partial charge in [0.2, 0.25) is 0 Å². The van der Waals surface area contributed by atoms with Crippen molar-refractivity contribution in [3.8, 4) is 5.75 Å². The molecule has 1 N–H and O–H groups in total. The summed E-state index contributed by atoms with van der Waals surface area (Å²) in [6.07, 6.45) is 3.57. The van der Waals surface area contributed by atoms with E-state index in [1.807, 2.05) is 0 Å².